The number of amidine groups is 1. The maximum absolute atomic E-state index is 6.60. The fourth-order valence-electron chi connectivity index (χ4n) is 8.25. The SMILES string of the molecule is C1=C(c2c(C3N=C(c4ccccc4)NC(c4cccc5oc6ccccc6c45)N3)ccc3ccccc23)c2c(oc3cc4ccccc4cc23)CN1. The Kier molecular flexibility index (Phi) is 6.42. The predicted molar refractivity (Wildman–Crippen MR) is 210 cm³/mol. The van der Waals surface area contributed by atoms with E-state index in [-0.39, 0.29) is 12.3 Å². The van der Waals surface area contributed by atoms with Crippen LogP contribution in [0.25, 0.3) is 60.0 Å². The highest BCUT2D eigenvalue weighted by molar-refractivity contribution is 6.09. The molecule has 6 nitrogen and oxygen atoms in total. The molecule has 0 saturated heterocycles. The Hall–Kier alpha value is -6.63. The summed E-state index contributed by atoms with van der Waals surface area (Å²) in [7, 11) is 0. The summed E-state index contributed by atoms with van der Waals surface area (Å²) in [6.45, 7) is 0.622. The Morgan fingerprint density at radius 3 is 2.19 bits per heavy atom. The van der Waals surface area contributed by atoms with Crippen LogP contribution >= 0.6 is 0 Å². The highest BCUT2D eigenvalue weighted by Gasteiger charge is 2.32. The van der Waals surface area contributed by atoms with Crippen molar-refractivity contribution in [3.63, 3.8) is 0 Å². The van der Waals surface area contributed by atoms with E-state index in [1.54, 1.807) is 0 Å². The fraction of sp³-hybridized carbons (Fsp3) is 0.0652. The van der Waals surface area contributed by atoms with Crippen LogP contribution in [0, 0.1) is 0 Å². The zero-order chi connectivity index (χ0) is 34.2. The molecular formula is C46H32N4O2. The van der Waals surface area contributed by atoms with Crippen LogP contribution in [0.4, 0.5) is 0 Å². The van der Waals surface area contributed by atoms with Crippen molar-refractivity contribution in [3.8, 4) is 0 Å². The van der Waals surface area contributed by atoms with Gasteiger partial charge in [0, 0.05) is 44.6 Å². The molecule has 0 fully saturated rings. The molecule has 6 heteroatoms. The zero-order valence-corrected chi connectivity index (χ0v) is 28.1. The summed E-state index contributed by atoms with van der Waals surface area (Å²) in [6, 6.07) is 51.0. The Morgan fingerprint density at radius 2 is 1.31 bits per heavy atom. The lowest BCUT2D eigenvalue weighted by Gasteiger charge is -2.34. The van der Waals surface area contributed by atoms with Crippen LogP contribution in [0.1, 0.15) is 45.9 Å². The molecule has 0 saturated carbocycles. The summed E-state index contributed by atoms with van der Waals surface area (Å²) in [6.07, 6.45) is 1.51. The number of para-hydroxylation sites is 1. The smallest absolute Gasteiger partial charge is 0.135 e. The second kappa shape index (κ2) is 11.5. The molecule has 0 radical (unpaired) electrons. The van der Waals surface area contributed by atoms with Crippen LogP contribution in [0.2, 0.25) is 0 Å². The van der Waals surface area contributed by atoms with Gasteiger partial charge in [-0.15, -0.1) is 0 Å². The van der Waals surface area contributed by atoms with Crippen molar-refractivity contribution >= 4 is 65.9 Å². The standard InChI is InChI=1S/C46H32N4O2/c1-2-12-28(13-3-1)44-48-45(33-18-10-20-38-42(33)32-17-8-9-19-37(32)51-38)50-46(49-44)34-22-21-27-11-6-7-16-31(27)41(34)36-25-47-26-40-43(36)35-23-29-14-4-5-15-30(29)24-39(35)52-40/h1-25,45-47,50H,26H2,(H,48,49). The summed E-state index contributed by atoms with van der Waals surface area (Å²) in [4.78, 5) is 5.44. The highest BCUT2D eigenvalue weighted by atomic mass is 16.3. The molecule has 2 atom stereocenters. The van der Waals surface area contributed by atoms with Crippen LogP contribution in [0.3, 0.4) is 0 Å². The quantitative estimate of drug-likeness (QED) is 0.174. The molecule has 52 heavy (non-hydrogen) atoms. The van der Waals surface area contributed by atoms with Crippen LogP contribution in [-0.4, -0.2) is 5.84 Å². The second-order valence-electron chi connectivity index (χ2n) is 13.6. The number of furan rings is 2. The largest absolute Gasteiger partial charge is 0.458 e. The van der Waals surface area contributed by atoms with Crippen molar-refractivity contribution in [2.75, 3.05) is 0 Å². The van der Waals surface area contributed by atoms with Crippen molar-refractivity contribution in [2.45, 2.75) is 18.9 Å². The Labute approximate surface area is 299 Å². The summed E-state index contributed by atoms with van der Waals surface area (Å²) >= 11 is 0. The molecule has 2 unspecified atom stereocenters. The fourth-order valence-corrected chi connectivity index (χ4v) is 8.25. The summed E-state index contributed by atoms with van der Waals surface area (Å²) < 4.78 is 12.9. The van der Waals surface area contributed by atoms with Crippen LogP contribution in [-0.2, 0) is 6.54 Å². The van der Waals surface area contributed by atoms with Gasteiger partial charge in [-0.05, 0) is 56.9 Å². The van der Waals surface area contributed by atoms with Gasteiger partial charge in [0.05, 0.1) is 6.54 Å². The van der Waals surface area contributed by atoms with Gasteiger partial charge in [0.25, 0.3) is 0 Å². The maximum atomic E-state index is 6.60. The van der Waals surface area contributed by atoms with Gasteiger partial charge in [-0.3, -0.25) is 5.32 Å². The first-order chi connectivity index (χ1) is 25.8. The zero-order valence-electron chi connectivity index (χ0n) is 28.1. The van der Waals surface area contributed by atoms with Gasteiger partial charge < -0.3 is 19.5 Å². The third kappa shape index (κ3) is 4.51. The van der Waals surface area contributed by atoms with Gasteiger partial charge in [-0.2, -0.15) is 0 Å². The van der Waals surface area contributed by atoms with Crippen LogP contribution < -0.4 is 16.0 Å². The van der Waals surface area contributed by atoms with Crippen molar-refractivity contribution in [3.05, 3.63) is 185 Å². The van der Waals surface area contributed by atoms with Gasteiger partial charge in [-0.25, -0.2) is 4.99 Å². The first-order valence-corrected chi connectivity index (χ1v) is 17.7. The summed E-state index contributed by atoms with van der Waals surface area (Å²) in [5.41, 5.74) is 9.19. The molecule has 11 rings (SSSR count). The summed E-state index contributed by atoms with van der Waals surface area (Å²) in [5, 5.41) is 19.3. The number of benzene rings is 7. The third-order valence-corrected chi connectivity index (χ3v) is 10.6. The lowest BCUT2D eigenvalue weighted by molar-refractivity contribution is 0.411. The van der Waals surface area contributed by atoms with E-state index in [0.29, 0.717) is 6.54 Å². The predicted octanol–water partition coefficient (Wildman–Crippen LogP) is 10.5. The van der Waals surface area contributed by atoms with E-state index in [9.17, 15) is 0 Å². The van der Waals surface area contributed by atoms with Crippen molar-refractivity contribution in [2.24, 2.45) is 4.99 Å². The number of aliphatic imine (C=N–C) groups is 1. The van der Waals surface area contributed by atoms with Crippen molar-refractivity contribution in [1.29, 1.82) is 0 Å². The van der Waals surface area contributed by atoms with E-state index in [4.69, 9.17) is 13.8 Å². The van der Waals surface area contributed by atoms with E-state index < -0.39 is 0 Å². The minimum absolute atomic E-state index is 0.267. The van der Waals surface area contributed by atoms with Gasteiger partial charge in [0.1, 0.15) is 40.7 Å². The molecule has 9 aromatic rings. The number of fused-ring (bicyclic) bond motifs is 8. The van der Waals surface area contributed by atoms with Gasteiger partial charge >= 0.3 is 0 Å². The molecule has 248 valence electrons. The molecule has 0 amide bonds. The molecule has 4 heterocycles. The molecule has 0 spiro atoms. The summed E-state index contributed by atoms with van der Waals surface area (Å²) in [5.74, 6) is 1.76. The molecule has 2 aromatic heterocycles. The maximum Gasteiger partial charge on any atom is 0.135 e. The van der Waals surface area contributed by atoms with E-state index in [1.807, 2.05) is 24.3 Å². The highest BCUT2D eigenvalue weighted by Crippen LogP contribution is 2.44. The number of hydrogen-bond acceptors (Lipinski definition) is 6. The number of hydrogen-bond donors (Lipinski definition) is 3. The van der Waals surface area contributed by atoms with Crippen molar-refractivity contribution in [1.82, 2.24) is 16.0 Å². The normalized spacial score (nSPS) is 17.2. The van der Waals surface area contributed by atoms with Crippen LogP contribution in [0.15, 0.2) is 166 Å². The van der Waals surface area contributed by atoms with E-state index in [2.05, 4.69) is 143 Å². The minimum atomic E-state index is -0.389. The lowest BCUT2D eigenvalue weighted by Crippen LogP contribution is -2.45. The molecule has 7 aromatic carbocycles. The first kappa shape index (κ1) is 29.1. The second-order valence-corrected chi connectivity index (χ2v) is 13.6. The van der Waals surface area contributed by atoms with E-state index in [0.717, 1.165) is 83.3 Å². The first-order valence-electron chi connectivity index (χ1n) is 17.7. The molecule has 2 aliphatic rings. The molecule has 0 bridgehead atoms. The lowest BCUT2D eigenvalue weighted by atomic mass is 9.86. The Bertz CT molecular complexity index is 2940. The van der Waals surface area contributed by atoms with Crippen molar-refractivity contribution < 1.29 is 8.83 Å². The third-order valence-electron chi connectivity index (χ3n) is 10.6. The number of nitrogens with zero attached hydrogens (tertiary/aromatic N) is 1. The molecule has 3 N–H and O–H groups in total. The Morgan fingerprint density at radius 1 is 0.558 bits per heavy atom. The van der Waals surface area contributed by atoms with E-state index >= 15 is 0 Å². The van der Waals surface area contributed by atoms with Gasteiger partial charge in [-0.1, -0.05) is 121 Å². The van der Waals surface area contributed by atoms with Crippen LogP contribution in [0.5, 0.6) is 0 Å². The minimum Gasteiger partial charge on any atom is -0.458 e. The average molecular weight is 673 g/mol. The van der Waals surface area contributed by atoms with Gasteiger partial charge in [0.15, 0.2) is 0 Å². The molecule has 2 aliphatic heterocycles. The number of nitrogens with one attached hydrogen (secondary N) is 3. The Balaban J connectivity index is 1.14. The number of rotatable bonds is 4. The average Bonchev–Trinajstić information content (AvgIpc) is 3.78. The molecular weight excluding hydrogens is 641 g/mol. The van der Waals surface area contributed by atoms with Gasteiger partial charge in [0.2, 0.25) is 0 Å². The topological polar surface area (TPSA) is 74.7 Å². The monoisotopic (exact) mass is 672 g/mol. The molecule has 0 aliphatic carbocycles. The van der Waals surface area contributed by atoms with E-state index in [1.165, 1.54) is 16.2 Å².